The van der Waals surface area contributed by atoms with Crippen LogP contribution >= 0.6 is 0 Å². The number of morpholine rings is 1. The van der Waals surface area contributed by atoms with E-state index < -0.39 is 0 Å². The Hall–Kier alpha value is -2.60. The van der Waals surface area contributed by atoms with Crippen LogP contribution < -0.4 is 10.1 Å². The Morgan fingerprint density at radius 3 is 2.64 bits per heavy atom. The first-order chi connectivity index (χ1) is 12.2. The summed E-state index contributed by atoms with van der Waals surface area (Å²) in [6.07, 6.45) is -0.209. The van der Waals surface area contributed by atoms with E-state index in [0.717, 1.165) is 5.69 Å². The molecule has 3 rings (SSSR count). The summed E-state index contributed by atoms with van der Waals surface area (Å²) in [6.45, 7) is 1.80. The summed E-state index contributed by atoms with van der Waals surface area (Å²) in [6, 6.07) is 13.2. The molecule has 2 aromatic rings. The number of carbonyl (C=O) groups is 1. The van der Waals surface area contributed by atoms with Crippen molar-refractivity contribution in [2.45, 2.75) is 6.10 Å². The van der Waals surface area contributed by atoms with Crippen LogP contribution in [-0.2, 0) is 4.74 Å². The molecular formula is C19H21FN2O3. The van der Waals surface area contributed by atoms with Crippen LogP contribution in [-0.4, -0.2) is 50.3 Å². The van der Waals surface area contributed by atoms with Gasteiger partial charge in [0.1, 0.15) is 24.3 Å². The van der Waals surface area contributed by atoms with E-state index in [1.165, 1.54) is 12.1 Å². The van der Waals surface area contributed by atoms with Crippen LogP contribution in [0.3, 0.4) is 0 Å². The van der Waals surface area contributed by atoms with Gasteiger partial charge in [-0.15, -0.1) is 0 Å². The predicted molar refractivity (Wildman–Crippen MR) is 93.5 cm³/mol. The van der Waals surface area contributed by atoms with E-state index >= 15 is 0 Å². The van der Waals surface area contributed by atoms with Gasteiger partial charge in [0.05, 0.1) is 13.2 Å². The highest BCUT2D eigenvalue weighted by Gasteiger charge is 2.25. The molecule has 1 N–H and O–H groups in total. The van der Waals surface area contributed by atoms with Gasteiger partial charge in [-0.25, -0.2) is 4.39 Å². The molecule has 1 atom stereocenters. The maximum atomic E-state index is 12.9. The Kier molecular flexibility index (Phi) is 5.50. The number of benzene rings is 2. The number of hydrogen-bond donors (Lipinski definition) is 1. The van der Waals surface area contributed by atoms with Crippen molar-refractivity contribution in [1.29, 1.82) is 0 Å². The molecular weight excluding hydrogens is 323 g/mol. The Balaban J connectivity index is 1.56. The molecule has 0 bridgehead atoms. The Morgan fingerprint density at radius 2 is 1.96 bits per heavy atom. The van der Waals surface area contributed by atoms with Crippen molar-refractivity contribution >= 4 is 11.6 Å². The minimum Gasteiger partial charge on any atom is -0.491 e. The standard InChI is InChI=1S/C19H21FN2O3/c1-21-16-6-2-14(3-7-16)19(23)22-10-11-24-18(12-22)13-25-17-8-4-15(20)5-9-17/h2-9,18,21H,10-13H2,1H3. The van der Waals surface area contributed by atoms with E-state index in [-0.39, 0.29) is 17.8 Å². The fourth-order valence-corrected chi connectivity index (χ4v) is 2.69. The number of amides is 1. The van der Waals surface area contributed by atoms with Crippen LogP contribution in [0.25, 0.3) is 0 Å². The van der Waals surface area contributed by atoms with Crippen molar-refractivity contribution in [2.24, 2.45) is 0 Å². The lowest BCUT2D eigenvalue weighted by Gasteiger charge is -2.33. The second kappa shape index (κ2) is 7.98. The maximum absolute atomic E-state index is 12.9. The molecule has 1 aliphatic heterocycles. The van der Waals surface area contributed by atoms with Crippen LogP contribution in [0, 0.1) is 5.82 Å². The molecule has 0 spiro atoms. The monoisotopic (exact) mass is 344 g/mol. The van der Waals surface area contributed by atoms with Gasteiger partial charge in [0.25, 0.3) is 5.91 Å². The van der Waals surface area contributed by atoms with Gasteiger partial charge in [-0.3, -0.25) is 4.79 Å². The number of nitrogens with zero attached hydrogens (tertiary/aromatic N) is 1. The van der Waals surface area contributed by atoms with Gasteiger partial charge in [-0.1, -0.05) is 0 Å². The van der Waals surface area contributed by atoms with E-state index in [0.29, 0.717) is 37.6 Å². The van der Waals surface area contributed by atoms with Gasteiger partial charge in [0.2, 0.25) is 0 Å². The Morgan fingerprint density at radius 1 is 1.24 bits per heavy atom. The fourth-order valence-electron chi connectivity index (χ4n) is 2.69. The molecule has 1 fully saturated rings. The van der Waals surface area contributed by atoms with E-state index in [1.807, 2.05) is 31.3 Å². The van der Waals surface area contributed by atoms with Gasteiger partial charge in [-0.2, -0.15) is 0 Å². The third-order valence-corrected chi connectivity index (χ3v) is 4.10. The molecule has 1 amide bonds. The Labute approximate surface area is 146 Å². The molecule has 25 heavy (non-hydrogen) atoms. The van der Waals surface area contributed by atoms with Crippen molar-refractivity contribution in [2.75, 3.05) is 38.7 Å². The van der Waals surface area contributed by atoms with Crippen molar-refractivity contribution in [3.05, 3.63) is 59.9 Å². The van der Waals surface area contributed by atoms with E-state index in [4.69, 9.17) is 9.47 Å². The number of halogens is 1. The molecule has 0 radical (unpaired) electrons. The third kappa shape index (κ3) is 4.48. The topological polar surface area (TPSA) is 50.8 Å². The van der Waals surface area contributed by atoms with Crippen molar-refractivity contribution in [1.82, 2.24) is 4.90 Å². The van der Waals surface area contributed by atoms with Gasteiger partial charge in [0.15, 0.2) is 0 Å². The summed E-state index contributed by atoms with van der Waals surface area (Å²) in [4.78, 5) is 14.4. The summed E-state index contributed by atoms with van der Waals surface area (Å²) in [5.74, 6) is 0.260. The maximum Gasteiger partial charge on any atom is 0.254 e. The molecule has 2 aromatic carbocycles. The third-order valence-electron chi connectivity index (χ3n) is 4.10. The molecule has 0 saturated carbocycles. The zero-order chi connectivity index (χ0) is 17.6. The van der Waals surface area contributed by atoms with E-state index in [2.05, 4.69) is 5.32 Å². The highest BCUT2D eigenvalue weighted by atomic mass is 19.1. The summed E-state index contributed by atoms with van der Waals surface area (Å²) in [5, 5.41) is 3.03. The average molecular weight is 344 g/mol. The number of anilines is 1. The lowest BCUT2D eigenvalue weighted by Crippen LogP contribution is -2.47. The molecule has 1 saturated heterocycles. The summed E-state index contributed by atoms with van der Waals surface area (Å²) >= 11 is 0. The van der Waals surface area contributed by atoms with Crippen LogP contribution in [0.15, 0.2) is 48.5 Å². The number of rotatable bonds is 5. The van der Waals surface area contributed by atoms with Crippen LogP contribution in [0.1, 0.15) is 10.4 Å². The first-order valence-corrected chi connectivity index (χ1v) is 8.23. The number of hydrogen-bond acceptors (Lipinski definition) is 4. The van der Waals surface area contributed by atoms with Crippen LogP contribution in [0.4, 0.5) is 10.1 Å². The van der Waals surface area contributed by atoms with Crippen LogP contribution in [0.5, 0.6) is 5.75 Å². The van der Waals surface area contributed by atoms with Gasteiger partial charge >= 0.3 is 0 Å². The number of carbonyl (C=O) groups excluding carboxylic acids is 1. The Bertz CT molecular complexity index is 704. The highest BCUT2D eigenvalue weighted by Crippen LogP contribution is 2.16. The van der Waals surface area contributed by atoms with Gasteiger partial charge < -0.3 is 19.7 Å². The highest BCUT2D eigenvalue weighted by molar-refractivity contribution is 5.94. The average Bonchev–Trinajstić information content (AvgIpc) is 2.67. The van der Waals surface area contributed by atoms with E-state index in [9.17, 15) is 9.18 Å². The number of ether oxygens (including phenoxy) is 2. The van der Waals surface area contributed by atoms with Crippen LogP contribution in [0.2, 0.25) is 0 Å². The molecule has 0 aromatic heterocycles. The quantitative estimate of drug-likeness (QED) is 0.906. The molecule has 1 unspecified atom stereocenters. The predicted octanol–water partition coefficient (Wildman–Crippen LogP) is 2.79. The van der Waals surface area contributed by atoms with Crippen molar-refractivity contribution < 1.29 is 18.7 Å². The second-order valence-corrected chi connectivity index (χ2v) is 5.84. The first kappa shape index (κ1) is 17.2. The summed E-state index contributed by atoms with van der Waals surface area (Å²) < 4.78 is 24.2. The van der Waals surface area contributed by atoms with Crippen molar-refractivity contribution in [3.8, 4) is 5.75 Å². The SMILES string of the molecule is CNc1ccc(C(=O)N2CCOC(COc3ccc(F)cc3)C2)cc1. The van der Waals surface area contributed by atoms with Gasteiger partial charge in [0, 0.05) is 24.8 Å². The molecule has 0 aliphatic carbocycles. The molecule has 132 valence electrons. The largest absolute Gasteiger partial charge is 0.491 e. The smallest absolute Gasteiger partial charge is 0.254 e. The lowest BCUT2D eigenvalue weighted by molar-refractivity contribution is -0.0401. The minimum absolute atomic E-state index is 0.0160. The zero-order valence-corrected chi connectivity index (χ0v) is 14.1. The summed E-state index contributed by atoms with van der Waals surface area (Å²) in [5.41, 5.74) is 1.61. The molecule has 1 aliphatic rings. The first-order valence-electron chi connectivity index (χ1n) is 8.23. The van der Waals surface area contributed by atoms with Crippen molar-refractivity contribution in [3.63, 3.8) is 0 Å². The molecule has 6 heteroatoms. The normalized spacial score (nSPS) is 17.2. The molecule has 5 nitrogen and oxygen atoms in total. The second-order valence-electron chi connectivity index (χ2n) is 5.84. The minimum atomic E-state index is -0.303. The van der Waals surface area contributed by atoms with E-state index in [1.54, 1.807) is 17.0 Å². The van der Waals surface area contributed by atoms with Gasteiger partial charge in [-0.05, 0) is 48.5 Å². The lowest BCUT2D eigenvalue weighted by atomic mass is 10.1. The summed E-state index contributed by atoms with van der Waals surface area (Å²) in [7, 11) is 1.84. The fraction of sp³-hybridized carbons (Fsp3) is 0.316. The number of nitrogens with one attached hydrogen (secondary N) is 1. The zero-order valence-electron chi connectivity index (χ0n) is 14.1. The molecule has 1 heterocycles.